The number of amides is 1. The number of alkyl halides is 3. The molecule has 2 aromatic carbocycles. The fourth-order valence-electron chi connectivity index (χ4n) is 5.90. The largest absolute Gasteiger partial charge is 0.573 e. The molecule has 4 rings (SSSR count). The second-order valence-electron chi connectivity index (χ2n) is 10.6. The van der Waals surface area contributed by atoms with E-state index in [-0.39, 0.29) is 24.2 Å². The van der Waals surface area contributed by atoms with Crippen LogP contribution in [0, 0.1) is 5.41 Å². The Hall–Kier alpha value is -2.58. The molecule has 1 heterocycles. The summed E-state index contributed by atoms with van der Waals surface area (Å²) in [5.74, 6) is -0.0478. The van der Waals surface area contributed by atoms with E-state index in [4.69, 9.17) is 0 Å². The van der Waals surface area contributed by atoms with E-state index < -0.39 is 17.4 Å². The first-order valence-electron chi connectivity index (χ1n) is 12.6. The number of likely N-dealkylation sites (tertiary alicyclic amines) is 1. The number of hydrogen-bond donors (Lipinski definition) is 2. The van der Waals surface area contributed by atoms with Gasteiger partial charge < -0.3 is 20.1 Å². The van der Waals surface area contributed by atoms with Crippen molar-refractivity contribution in [3.8, 4) is 5.75 Å². The second-order valence-corrected chi connectivity index (χ2v) is 10.6. The topological polar surface area (TPSA) is 61.8 Å². The fourth-order valence-corrected chi connectivity index (χ4v) is 5.90. The zero-order valence-electron chi connectivity index (χ0n) is 20.9. The monoisotopic (exact) mass is 504 g/mol. The molecule has 5 nitrogen and oxygen atoms in total. The van der Waals surface area contributed by atoms with Crippen molar-refractivity contribution in [2.45, 2.75) is 76.4 Å². The molecule has 1 saturated carbocycles. The summed E-state index contributed by atoms with van der Waals surface area (Å²) in [5, 5.41) is 14.0. The summed E-state index contributed by atoms with van der Waals surface area (Å²) >= 11 is 0. The Morgan fingerprint density at radius 2 is 1.78 bits per heavy atom. The third kappa shape index (κ3) is 6.03. The SMILES string of the molecule is CC(C)(O)[C@]1(C(=O)NCc2cccc(OC(F)(F)F)c2)CC[C@@H](N2CCC(c3ccccc3)CC2)C1. The number of carbonyl (C=O) groups excluding carboxylic acids is 1. The minimum Gasteiger partial charge on any atom is -0.406 e. The van der Waals surface area contributed by atoms with E-state index in [0.717, 1.165) is 32.4 Å². The highest BCUT2D eigenvalue weighted by Gasteiger charge is 2.55. The Labute approximate surface area is 210 Å². The van der Waals surface area contributed by atoms with E-state index in [0.29, 0.717) is 24.3 Å². The first-order chi connectivity index (χ1) is 17.0. The average Bonchev–Trinajstić information content (AvgIpc) is 3.30. The molecule has 1 aliphatic heterocycles. The molecule has 0 bridgehead atoms. The Bertz CT molecular complexity index is 1030. The van der Waals surface area contributed by atoms with E-state index in [1.54, 1.807) is 19.9 Å². The molecule has 1 saturated heterocycles. The maximum Gasteiger partial charge on any atom is 0.573 e. The van der Waals surface area contributed by atoms with Gasteiger partial charge in [-0.3, -0.25) is 4.79 Å². The molecule has 2 fully saturated rings. The van der Waals surface area contributed by atoms with Gasteiger partial charge in [0.25, 0.3) is 0 Å². The lowest BCUT2D eigenvalue weighted by Crippen LogP contribution is -2.53. The quantitative estimate of drug-likeness (QED) is 0.531. The van der Waals surface area contributed by atoms with Crippen molar-refractivity contribution < 1.29 is 27.8 Å². The Morgan fingerprint density at radius 1 is 1.08 bits per heavy atom. The van der Waals surface area contributed by atoms with Crippen LogP contribution in [-0.4, -0.2) is 47.0 Å². The van der Waals surface area contributed by atoms with Gasteiger partial charge in [-0.15, -0.1) is 13.2 Å². The fraction of sp³-hybridized carbons (Fsp3) is 0.536. The van der Waals surface area contributed by atoms with Crippen molar-refractivity contribution in [1.82, 2.24) is 10.2 Å². The van der Waals surface area contributed by atoms with Gasteiger partial charge in [0, 0.05) is 12.6 Å². The summed E-state index contributed by atoms with van der Waals surface area (Å²) < 4.78 is 41.6. The number of halogens is 3. The molecule has 2 aliphatic rings. The first kappa shape index (κ1) is 26.5. The van der Waals surface area contributed by atoms with Crippen LogP contribution < -0.4 is 10.1 Å². The molecule has 2 N–H and O–H groups in total. The lowest BCUT2D eigenvalue weighted by Gasteiger charge is -2.41. The third-order valence-corrected chi connectivity index (χ3v) is 8.00. The van der Waals surface area contributed by atoms with E-state index >= 15 is 0 Å². The van der Waals surface area contributed by atoms with Crippen LogP contribution in [0.15, 0.2) is 54.6 Å². The second kappa shape index (κ2) is 10.4. The third-order valence-electron chi connectivity index (χ3n) is 8.00. The predicted octanol–water partition coefficient (Wildman–Crippen LogP) is 5.39. The molecule has 0 unspecified atom stereocenters. The minimum absolute atomic E-state index is 0.0544. The van der Waals surface area contributed by atoms with Gasteiger partial charge in [-0.2, -0.15) is 0 Å². The summed E-state index contributed by atoms with van der Waals surface area (Å²) in [6.07, 6.45) is -0.709. The lowest BCUT2D eigenvalue weighted by molar-refractivity contribution is -0.274. The van der Waals surface area contributed by atoms with Crippen molar-refractivity contribution in [1.29, 1.82) is 0 Å². The van der Waals surface area contributed by atoms with Gasteiger partial charge in [-0.05, 0) is 88.2 Å². The van der Waals surface area contributed by atoms with Crippen LogP contribution in [0.3, 0.4) is 0 Å². The van der Waals surface area contributed by atoms with Crippen LogP contribution in [0.5, 0.6) is 5.75 Å². The zero-order chi connectivity index (χ0) is 26.0. The van der Waals surface area contributed by atoms with Crippen LogP contribution in [0.25, 0.3) is 0 Å². The average molecular weight is 505 g/mol. The van der Waals surface area contributed by atoms with E-state index in [9.17, 15) is 23.1 Å². The molecule has 1 amide bonds. The molecule has 2 atom stereocenters. The van der Waals surface area contributed by atoms with E-state index in [1.807, 2.05) is 6.07 Å². The van der Waals surface area contributed by atoms with Gasteiger partial charge in [0.1, 0.15) is 5.75 Å². The minimum atomic E-state index is -4.78. The summed E-state index contributed by atoms with van der Waals surface area (Å²) in [6.45, 7) is 5.32. The van der Waals surface area contributed by atoms with Gasteiger partial charge in [-0.1, -0.05) is 42.5 Å². The Kier molecular flexibility index (Phi) is 7.67. The maximum atomic E-state index is 13.5. The lowest BCUT2D eigenvalue weighted by atomic mass is 9.71. The molecule has 1 aliphatic carbocycles. The van der Waals surface area contributed by atoms with Crippen molar-refractivity contribution in [3.63, 3.8) is 0 Å². The van der Waals surface area contributed by atoms with Crippen molar-refractivity contribution in [3.05, 3.63) is 65.7 Å². The number of ether oxygens (including phenoxy) is 1. The van der Waals surface area contributed by atoms with Crippen molar-refractivity contribution >= 4 is 5.91 Å². The predicted molar refractivity (Wildman–Crippen MR) is 131 cm³/mol. The molecule has 8 heteroatoms. The van der Waals surface area contributed by atoms with Gasteiger partial charge in [0.2, 0.25) is 5.91 Å². The molecule has 0 aromatic heterocycles. The smallest absolute Gasteiger partial charge is 0.406 e. The van der Waals surface area contributed by atoms with Crippen LogP contribution in [-0.2, 0) is 11.3 Å². The maximum absolute atomic E-state index is 13.5. The molecule has 0 radical (unpaired) electrons. The molecule has 196 valence electrons. The number of hydrogen-bond acceptors (Lipinski definition) is 4. The van der Waals surface area contributed by atoms with Crippen molar-refractivity contribution in [2.24, 2.45) is 5.41 Å². The first-order valence-corrected chi connectivity index (χ1v) is 12.6. The molecular formula is C28H35F3N2O3. The Morgan fingerprint density at radius 3 is 2.42 bits per heavy atom. The van der Waals surface area contributed by atoms with Crippen LogP contribution in [0.4, 0.5) is 13.2 Å². The summed E-state index contributed by atoms with van der Waals surface area (Å²) in [5.41, 5.74) is -0.337. The highest BCUT2D eigenvalue weighted by Crippen LogP contribution is 2.49. The van der Waals surface area contributed by atoms with Crippen LogP contribution >= 0.6 is 0 Å². The highest BCUT2D eigenvalue weighted by atomic mass is 19.4. The van der Waals surface area contributed by atoms with Gasteiger partial charge in [-0.25, -0.2) is 0 Å². The number of piperidine rings is 1. The van der Waals surface area contributed by atoms with Gasteiger partial charge in [0.05, 0.1) is 11.0 Å². The molecule has 36 heavy (non-hydrogen) atoms. The van der Waals surface area contributed by atoms with E-state index in [1.165, 1.54) is 23.8 Å². The number of aliphatic hydroxyl groups is 1. The standard InChI is InChI=1S/C28H35F3N2O3/c1-26(2,35)27(25(34)32-19-20-7-6-10-24(17-20)36-28(29,30)31)14-11-23(18-27)33-15-12-22(13-16-33)21-8-4-3-5-9-21/h3-10,17,22-23,35H,11-16,18-19H2,1-2H3,(H,32,34)/t23-,27-/m1/s1. The van der Waals surface area contributed by atoms with E-state index in [2.05, 4.69) is 39.2 Å². The summed E-state index contributed by atoms with van der Waals surface area (Å²) in [6, 6.07) is 16.3. The summed E-state index contributed by atoms with van der Waals surface area (Å²) in [4.78, 5) is 15.9. The molecular weight excluding hydrogens is 469 g/mol. The van der Waals surface area contributed by atoms with Crippen LogP contribution in [0.1, 0.15) is 63.0 Å². The normalized spacial score (nSPS) is 24.0. The molecule has 0 spiro atoms. The van der Waals surface area contributed by atoms with Crippen LogP contribution in [0.2, 0.25) is 0 Å². The number of benzene rings is 2. The Balaban J connectivity index is 1.38. The number of carbonyl (C=O) groups is 1. The molecule has 2 aromatic rings. The number of rotatable bonds is 7. The zero-order valence-corrected chi connectivity index (χ0v) is 20.9. The number of nitrogens with one attached hydrogen (secondary N) is 1. The number of nitrogens with zero attached hydrogens (tertiary/aromatic N) is 1. The van der Waals surface area contributed by atoms with Gasteiger partial charge in [0.15, 0.2) is 0 Å². The summed E-state index contributed by atoms with van der Waals surface area (Å²) in [7, 11) is 0. The van der Waals surface area contributed by atoms with Crippen molar-refractivity contribution in [2.75, 3.05) is 13.1 Å². The van der Waals surface area contributed by atoms with Gasteiger partial charge >= 0.3 is 6.36 Å². The highest BCUT2D eigenvalue weighted by molar-refractivity contribution is 5.84.